The second kappa shape index (κ2) is 5.10. The molecular formula is C13H15NO3. The maximum absolute atomic E-state index is 11.7. The highest BCUT2D eigenvalue weighted by Gasteiger charge is 2.20. The van der Waals surface area contributed by atoms with E-state index in [9.17, 15) is 9.59 Å². The summed E-state index contributed by atoms with van der Waals surface area (Å²) in [5, 5.41) is 2.73. The van der Waals surface area contributed by atoms with Crippen molar-refractivity contribution in [2.45, 2.75) is 12.8 Å². The number of methoxy groups -OCH3 is 1. The van der Waals surface area contributed by atoms with E-state index in [2.05, 4.69) is 5.32 Å². The van der Waals surface area contributed by atoms with Crippen molar-refractivity contribution in [3.63, 3.8) is 0 Å². The Balaban J connectivity index is 2.09. The van der Waals surface area contributed by atoms with Gasteiger partial charge in [-0.25, -0.2) is 0 Å². The number of ketones is 1. The topological polar surface area (TPSA) is 55.4 Å². The molecule has 1 aliphatic carbocycles. The number of carbonyl (C=O) groups is 2. The number of ether oxygens (including phenoxy) is 1. The van der Waals surface area contributed by atoms with Gasteiger partial charge in [0.15, 0.2) is 5.78 Å². The number of nitrogens with one attached hydrogen (secondary N) is 1. The van der Waals surface area contributed by atoms with Crippen molar-refractivity contribution in [2.24, 2.45) is 0 Å². The Morgan fingerprint density at radius 3 is 3.00 bits per heavy atom. The van der Waals surface area contributed by atoms with Gasteiger partial charge in [0, 0.05) is 31.2 Å². The first kappa shape index (κ1) is 11.8. The second-order valence-electron chi connectivity index (χ2n) is 4.04. The van der Waals surface area contributed by atoms with Gasteiger partial charge in [0.2, 0.25) is 0 Å². The van der Waals surface area contributed by atoms with Gasteiger partial charge in [-0.1, -0.05) is 6.07 Å². The fourth-order valence-corrected chi connectivity index (χ4v) is 1.95. The third-order valence-corrected chi connectivity index (χ3v) is 2.89. The van der Waals surface area contributed by atoms with Crippen LogP contribution in [0.2, 0.25) is 0 Å². The summed E-state index contributed by atoms with van der Waals surface area (Å²) in [4.78, 5) is 23.3. The summed E-state index contributed by atoms with van der Waals surface area (Å²) in [5.41, 5.74) is 2.28. The molecule has 0 radical (unpaired) electrons. The number of hydrogen-bond donors (Lipinski definition) is 1. The monoisotopic (exact) mass is 233 g/mol. The molecule has 0 unspecified atom stereocenters. The predicted octanol–water partition coefficient (Wildman–Crippen LogP) is 1.19. The molecule has 1 aliphatic rings. The Labute approximate surface area is 100.0 Å². The van der Waals surface area contributed by atoms with E-state index in [1.54, 1.807) is 19.2 Å². The van der Waals surface area contributed by atoms with Crippen LogP contribution in [0.1, 0.15) is 32.7 Å². The number of carbonyl (C=O) groups excluding carboxylic acids is 2. The molecule has 0 heterocycles. The summed E-state index contributed by atoms with van der Waals surface area (Å²) in [6, 6.07) is 5.32. The molecule has 1 N–H and O–H groups in total. The fourth-order valence-electron chi connectivity index (χ4n) is 1.95. The SMILES string of the molecule is COCCNC(=O)c1ccc2c(c1)C(=O)CC2. The van der Waals surface area contributed by atoms with Crippen molar-refractivity contribution >= 4 is 11.7 Å². The van der Waals surface area contributed by atoms with E-state index in [1.165, 1.54) is 0 Å². The van der Waals surface area contributed by atoms with Crippen LogP contribution >= 0.6 is 0 Å². The molecule has 0 atom stereocenters. The Kier molecular flexibility index (Phi) is 3.54. The highest BCUT2D eigenvalue weighted by atomic mass is 16.5. The third-order valence-electron chi connectivity index (χ3n) is 2.89. The van der Waals surface area contributed by atoms with Gasteiger partial charge in [0.05, 0.1) is 6.61 Å². The molecular weight excluding hydrogens is 218 g/mol. The van der Waals surface area contributed by atoms with E-state index in [0.717, 1.165) is 12.0 Å². The summed E-state index contributed by atoms with van der Waals surface area (Å²) < 4.78 is 4.85. The molecule has 0 fully saturated rings. The van der Waals surface area contributed by atoms with Crippen LogP contribution in [0.4, 0.5) is 0 Å². The van der Waals surface area contributed by atoms with Crippen LogP contribution in [0.5, 0.6) is 0 Å². The Morgan fingerprint density at radius 1 is 1.41 bits per heavy atom. The summed E-state index contributed by atoms with van der Waals surface area (Å²) >= 11 is 0. The van der Waals surface area contributed by atoms with E-state index in [-0.39, 0.29) is 11.7 Å². The minimum atomic E-state index is -0.162. The van der Waals surface area contributed by atoms with E-state index >= 15 is 0 Å². The van der Waals surface area contributed by atoms with Crippen molar-refractivity contribution in [3.8, 4) is 0 Å². The lowest BCUT2D eigenvalue weighted by Gasteiger charge is -2.06. The van der Waals surface area contributed by atoms with Gasteiger partial charge in [-0.3, -0.25) is 9.59 Å². The molecule has 4 heteroatoms. The van der Waals surface area contributed by atoms with Gasteiger partial charge >= 0.3 is 0 Å². The largest absolute Gasteiger partial charge is 0.383 e. The van der Waals surface area contributed by atoms with Crippen LogP contribution < -0.4 is 5.32 Å². The average Bonchev–Trinajstić information content (AvgIpc) is 2.71. The highest BCUT2D eigenvalue weighted by molar-refractivity contribution is 6.03. The molecule has 0 bridgehead atoms. The molecule has 0 spiro atoms. The number of rotatable bonds is 4. The number of aryl methyl sites for hydroxylation is 1. The lowest BCUT2D eigenvalue weighted by Crippen LogP contribution is -2.27. The zero-order valence-electron chi connectivity index (χ0n) is 9.79. The summed E-state index contributed by atoms with van der Waals surface area (Å²) in [5.74, 6) is -0.0314. The predicted molar refractivity (Wildman–Crippen MR) is 63.3 cm³/mol. The molecule has 4 nitrogen and oxygen atoms in total. The lowest BCUT2D eigenvalue weighted by atomic mass is 10.1. The minimum Gasteiger partial charge on any atom is -0.383 e. The normalized spacial score (nSPS) is 13.6. The van der Waals surface area contributed by atoms with Crippen LogP contribution in [0.25, 0.3) is 0 Å². The first-order chi connectivity index (χ1) is 8.22. The standard InChI is InChI=1S/C13H15NO3/c1-17-7-6-14-13(16)10-3-2-9-4-5-12(15)11(9)8-10/h2-3,8H,4-7H2,1H3,(H,14,16). The summed E-state index contributed by atoms with van der Waals surface area (Å²) in [7, 11) is 1.58. The van der Waals surface area contributed by atoms with E-state index in [0.29, 0.717) is 30.7 Å². The molecule has 0 aromatic heterocycles. The number of Topliss-reactive ketones (excluding diaryl/α,β-unsaturated/α-hetero) is 1. The van der Waals surface area contributed by atoms with Crippen molar-refractivity contribution in [1.29, 1.82) is 0 Å². The molecule has 0 saturated carbocycles. The van der Waals surface area contributed by atoms with Crippen LogP contribution in [0.3, 0.4) is 0 Å². The number of benzene rings is 1. The van der Waals surface area contributed by atoms with Gasteiger partial charge in [0.1, 0.15) is 0 Å². The van der Waals surface area contributed by atoms with Crippen LogP contribution in [-0.2, 0) is 11.2 Å². The van der Waals surface area contributed by atoms with E-state index in [1.807, 2.05) is 6.07 Å². The number of hydrogen-bond acceptors (Lipinski definition) is 3. The molecule has 17 heavy (non-hydrogen) atoms. The fraction of sp³-hybridized carbons (Fsp3) is 0.385. The zero-order chi connectivity index (χ0) is 12.3. The zero-order valence-corrected chi connectivity index (χ0v) is 9.79. The van der Waals surface area contributed by atoms with E-state index < -0.39 is 0 Å². The third kappa shape index (κ3) is 2.53. The van der Waals surface area contributed by atoms with Gasteiger partial charge in [0.25, 0.3) is 5.91 Å². The Bertz CT molecular complexity index is 454. The van der Waals surface area contributed by atoms with Crippen LogP contribution in [-0.4, -0.2) is 32.0 Å². The molecule has 1 aromatic rings. The molecule has 90 valence electrons. The molecule has 1 amide bonds. The highest BCUT2D eigenvalue weighted by Crippen LogP contribution is 2.22. The van der Waals surface area contributed by atoms with Gasteiger partial charge in [-0.2, -0.15) is 0 Å². The van der Waals surface area contributed by atoms with Gasteiger partial charge < -0.3 is 10.1 Å². The maximum Gasteiger partial charge on any atom is 0.251 e. The van der Waals surface area contributed by atoms with E-state index in [4.69, 9.17) is 4.74 Å². The smallest absolute Gasteiger partial charge is 0.251 e. The first-order valence-corrected chi connectivity index (χ1v) is 5.65. The van der Waals surface area contributed by atoms with Crippen LogP contribution in [0, 0.1) is 0 Å². The molecule has 0 saturated heterocycles. The van der Waals surface area contributed by atoms with Crippen molar-refractivity contribution in [1.82, 2.24) is 5.32 Å². The quantitative estimate of drug-likeness (QED) is 0.795. The number of amides is 1. The van der Waals surface area contributed by atoms with Gasteiger partial charge in [-0.05, 0) is 24.1 Å². The van der Waals surface area contributed by atoms with Crippen molar-refractivity contribution in [2.75, 3.05) is 20.3 Å². The van der Waals surface area contributed by atoms with Crippen LogP contribution in [0.15, 0.2) is 18.2 Å². The number of fused-ring (bicyclic) bond motifs is 1. The van der Waals surface area contributed by atoms with Gasteiger partial charge in [-0.15, -0.1) is 0 Å². The minimum absolute atomic E-state index is 0.131. The second-order valence-corrected chi connectivity index (χ2v) is 4.04. The van der Waals surface area contributed by atoms with Crippen molar-refractivity contribution in [3.05, 3.63) is 34.9 Å². The Hall–Kier alpha value is -1.68. The molecule has 0 aliphatic heterocycles. The summed E-state index contributed by atoms with van der Waals surface area (Å²) in [6.07, 6.45) is 1.35. The Morgan fingerprint density at radius 2 is 2.24 bits per heavy atom. The molecule has 1 aromatic carbocycles. The summed E-state index contributed by atoms with van der Waals surface area (Å²) in [6.45, 7) is 0.954. The van der Waals surface area contributed by atoms with Crippen molar-refractivity contribution < 1.29 is 14.3 Å². The first-order valence-electron chi connectivity index (χ1n) is 5.65. The molecule has 2 rings (SSSR count). The average molecular weight is 233 g/mol. The maximum atomic E-state index is 11.7. The lowest BCUT2D eigenvalue weighted by molar-refractivity contribution is 0.0937.